The highest BCUT2D eigenvalue weighted by Crippen LogP contribution is 2.17. The minimum Gasteiger partial charge on any atom is -0.466 e. The Morgan fingerprint density at radius 3 is 1.08 bits per heavy atom. The Balaban J connectivity index is 3.49. The molecule has 0 fully saturated rings. The van der Waals surface area contributed by atoms with E-state index in [0.717, 1.165) is 64.2 Å². The summed E-state index contributed by atoms with van der Waals surface area (Å²) in [5.41, 5.74) is 0. The van der Waals surface area contributed by atoms with Gasteiger partial charge in [0.05, 0.1) is 25.4 Å². The normalized spacial score (nSPS) is 12.9. The van der Waals surface area contributed by atoms with Crippen LogP contribution in [0.5, 0.6) is 0 Å². The van der Waals surface area contributed by atoms with Crippen LogP contribution >= 0.6 is 0 Å². The predicted octanol–water partition coefficient (Wildman–Crippen LogP) is 20.5. The summed E-state index contributed by atoms with van der Waals surface area (Å²) in [6.45, 7) is 4.89. The molecule has 2 unspecified atom stereocenters. The number of hydrogen-bond acceptors (Lipinski definition) is 5. The van der Waals surface area contributed by atoms with Gasteiger partial charge in [0.2, 0.25) is 5.91 Å². The molecule has 73 heavy (non-hydrogen) atoms. The summed E-state index contributed by atoms with van der Waals surface area (Å²) in [4.78, 5) is 24.5. The molecule has 3 N–H and O–H groups in total. The lowest BCUT2D eigenvalue weighted by Gasteiger charge is -2.20. The topological polar surface area (TPSA) is 95.9 Å². The first-order valence-electron chi connectivity index (χ1n) is 32.4. The van der Waals surface area contributed by atoms with Gasteiger partial charge >= 0.3 is 5.97 Å². The number of aliphatic hydroxyl groups is 2. The molecule has 0 bridgehead atoms. The molecule has 0 aliphatic rings. The molecule has 0 rings (SSSR count). The first-order valence-corrected chi connectivity index (χ1v) is 32.4. The largest absolute Gasteiger partial charge is 0.466 e. The summed E-state index contributed by atoms with van der Waals surface area (Å²) in [5, 5.41) is 23.2. The molecule has 0 aromatic rings. The molecular weight excluding hydrogens is 899 g/mol. The Hall–Kier alpha value is -2.18. The zero-order valence-electron chi connectivity index (χ0n) is 48.9. The summed E-state index contributed by atoms with van der Waals surface area (Å²) >= 11 is 0. The second kappa shape index (κ2) is 62.4. The first-order chi connectivity index (χ1) is 36.0. The molecule has 0 spiro atoms. The van der Waals surface area contributed by atoms with Crippen molar-refractivity contribution in [1.29, 1.82) is 0 Å². The maximum Gasteiger partial charge on any atom is 0.305 e. The van der Waals surface area contributed by atoms with Gasteiger partial charge in [-0.25, -0.2) is 0 Å². The molecule has 428 valence electrons. The van der Waals surface area contributed by atoms with Crippen LogP contribution in [-0.2, 0) is 14.3 Å². The maximum absolute atomic E-state index is 12.5. The zero-order valence-corrected chi connectivity index (χ0v) is 48.9. The van der Waals surface area contributed by atoms with Gasteiger partial charge in [-0.15, -0.1) is 0 Å². The predicted molar refractivity (Wildman–Crippen MR) is 319 cm³/mol. The maximum atomic E-state index is 12.5. The number of unbranched alkanes of at least 4 members (excludes halogenated alkanes) is 43. The van der Waals surface area contributed by atoms with Crippen molar-refractivity contribution in [3.8, 4) is 0 Å². The Bertz CT molecular complexity index is 1230. The fourth-order valence-corrected chi connectivity index (χ4v) is 9.84. The summed E-state index contributed by atoms with van der Waals surface area (Å²) < 4.78 is 5.46. The Kier molecular flexibility index (Phi) is 60.5. The number of carbonyl (C=O) groups is 2. The summed E-state index contributed by atoms with van der Waals surface area (Å²) in [6, 6.07) is -0.637. The van der Waals surface area contributed by atoms with E-state index in [1.807, 2.05) is 6.08 Å². The third-order valence-electron chi connectivity index (χ3n) is 14.8. The van der Waals surface area contributed by atoms with Crippen molar-refractivity contribution >= 4 is 11.9 Å². The van der Waals surface area contributed by atoms with Crippen LogP contribution in [0.3, 0.4) is 0 Å². The van der Waals surface area contributed by atoms with E-state index in [9.17, 15) is 19.8 Å². The second-order valence-electron chi connectivity index (χ2n) is 22.1. The number of amides is 1. The van der Waals surface area contributed by atoms with Crippen LogP contribution in [0.4, 0.5) is 0 Å². The van der Waals surface area contributed by atoms with Crippen LogP contribution in [0.15, 0.2) is 48.6 Å². The lowest BCUT2D eigenvalue weighted by Crippen LogP contribution is -2.45. The molecule has 0 heterocycles. The molecule has 1 amide bonds. The Morgan fingerprint density at radius 1 is 0.384 bits per heavy atom. The van der Waals surface area contributed by atoms with Crippen LogP contribution in [0.25, 0.3) is 0 Å². The van der Waals surface area contributed by atoms with E-state index >= 15 is 0 Å². The summed E-state index contributed by atoms with van der Waals surface area (Å²) in [5.74, 6) is -0.0800. The van der Waals surface area contributed by atoms with Gasteiger partial charge in [0, 0.05) is 12.8 Å². The van der Waals surface area contributed by atoms with Crippen molar-refractivity contribution < 1.29 is 24.5 Å². The quantitative estimate of drug-likeness (QED) is 0.0320. The van der Waals surface area contributed by atoms with E-state index < -0.39 is 12.1 Å². The van der Waals surface area contributed by atoms with E-state index in [1.165, 1.54) is 250 Å². The van der Waals surface area contributed by atoms with Gasteiger partial charge in [-0.3, -0.25) is 9.59 Å². The molecule has 0 aromatic carbocycles. The molecule has 0 saturated carbocycles. The van der Waals surface area contributed by atoms with E-state index in [4.69, 9.17) is 4.74 Å². The average molecular weight is 1020 g/mol. The highest BCUT2D eigenvalue weighted by atomic mass is 16.5. The number of ether oxygens (including phenoxy) is 1. The molecule has 6 nitrogen and oxygen atoms in total. The van der Waals surface area contributed by atoms with Crippen molar-refractivity contribution in [3.63, 3.8) is 0 Å². The van der Waals surface area contributed by atoms with Gasteiger partial charge in [0.15, 0.2) is 0 Å². The van der Waals surface area contributed by atoms with E-state index in [-0.39, 0.29) is 18.5 Å². The first kappa shape index (κ1) is 70.8. The second-order valence-corrected chi connectivity index (χ2v) is 22.1. The molecule has 0 aliphatic heterocycles. The number of nitrogens with one attached hydrogen (secondary N) is 1. The fraction of sp³-hybridized carbons (Fsp3) is 0.851. The van der Waals surface area contributed by atoms with Gasteiger partial charge in [-0.05, 0) is 89.9 Å². The molecule has 0 saturated heterocycles. The van der Waals surface area contributed by atoms with Crippen molar-refractivity contribution in [1.82, 2.24) is 5.32 Å². The van der Waals surface area contributed by atoms with E-state index in [1.54, 1.807) is 6.08 Å². The van der Waals surface area contributed by atoms with Crippen molar-refractivity contribution in [2.75, 3.05) is 13.2 Å². The standard InChI is InChI=1S/C67H125NO5/c1-3-5-7-9-11-13-15-17-18-19-20-24-27-30-33-36-39-43-47-51-55-59-65(70)64(63-69)68-66(71)60-56-52-48-44-40-37-34-31-28-25-22-21-23-26-29-32-35-38-42-46-50-54-58-62-73-67(72)61-57-53-49-45-41-16-14-12-10-8-6-4-2/h12,14,21,23,25,28,55,59,64-65,69-70H,3-11,13,15-20,22,24,26-27,29-54,56-58,60-63H2,1-2H3,(H,68,71)/b14-12-,23-21-,28-25-,59-55+. The van der Waals surface area contributed by atoms with Crippen molar-refractivity contribution in [3.05, 3.63) is 48.6 Å². The lowest BCUT2D eigenvalue weighted by atomic mass is 10.0. The number of hydrogen-bond donors (Lipinski definition) is 3. The molecule has 6 heteroatoms. The van der Waals surface area contributed by atoms with Crippen LogP contribution in [0, 0.1) is 0 Å². The molecule has 2 atom stereocenters. The third kappa shape index (κ3) is 58.9. The SMILES string of the molecule is CCCCC/C=C\CCCCCCCC(=O)OCCCCCCCCCCC/C=C\C/C=C\CCCCCCCCCC(=O)NC(CO)C(O)/C=C/CCCCCCCCCCCCCCCCCCCCC. The van der Waals surface area contributed by atoms with Gasteiger partial charge < -0.3 is 20.3 Å². The monoisotopic (exact) mass is 1020 g/mol. The van der Waals surface area contributed by atoms with E-state index in [0.29, 0.717) is 19.4 Å². The van der Waals surface area contributed by atoms with Gasteiger partial charge in [0.25, 0.3) is 0 Å². The van der Waals surface area contributed by atoms with Crippen LogP contribution in [0.2, 0.25) is 0 Å². The average Bonchev–Trinajstić information content (AvgIpc) is 3.39. The molecule has 0 radical (unpaired) electrons. The highest BCUT2D eigenvalue weighted by Gasteiger charge is 2.18. The van der Waals surface area contributed by atoms with Gasteiger partial charge in [0.1, 0.15) is 0 Å². The van der Waals surface area contributed by atoms with E-state index in [2.05, 4.69) is 55.6 Å². The van der Waals surface area contributed by atoms with Crippen LogP contribution in [0.1, 0.15) is 341 Å². The zero-order chi connectivity index (χ0) is 52.9. The minimum absolute atomic E-state index is 0.00373. The van der Waals surface area contributed by atoms with Crippen LogP contribution in [-0.4, -0.2) is 47.4 Å². The number of esters is 1. The van der Waals surface area contributed by atoms with Crippen LogP contribution < -0.4 is 5.32 Å². The van der Waals surface area contributed by atoms with Gasteiger partial charge in [-0.2, -0.15) is 0 Å². The number of aliphatic hydroxyl groups excluding tert-OH is 2. The Morgan fingerprint density at radius 2 is 0.685 bits per heavy atom. The molecular formula is C67H125NO5. The number of carbonyl (C=O) groups excluding carboxylic acids is 2. The summed E-state index contributed by atoms with van der Waals surface area (Å²) in [6.07, 6.45) is 80.2. The van der Waals surface area contributed by atoms with Gasteiger partial charge in [-0.1, -0.05) is 287 Å². The Labute approximate surface area is 455 Å². The molecule has 0 aromatic heterocycles. The highest BCUT2D eigenvalue weighted by molar-refractivity contribution is 5.76. The number of allylic oxidation sites excluding steroid dienone is 7. The fourth-order valence-electron chi connectivity index (χ4n) is 9.84. The minimum atomic E-state index is -0.853. The third-order valence-corrected chi connectivity index (χ3v) is 14.8. The van der Waals surface area contributed by atoms with Crippen molar-refractivity contribution in [2.24, 2.45) is 0 Å². The smallest absolute Gasteiger partial charge is 0.305 e. The molecule has 0 aliphatic carbocycles. The van der Waals surface area contributed by atoms with Crippen molar-refractivity contribution in [2.45, 2.75) is 353 Å². The summed E-state index contributed by atoms with van der Waals surface area (Å²) in [7, 11) is 0. The number of rotatable bonds is 60. The lowest BCUT2D eigenvalue weighted by molar-refractivity contribution is -0.143.